The van der Waals surface area contributed by atoms with Gasteiger partial charge in [0, 0.05) is 0 Å². The summed E-state index contributed by atoms with van der Waals surface area (Å²) in [6, 6.07) is 0. The molecule has 0 fully saturated rings. The van der Waals surface area contributed by atoms with E-state index in [1.807, 2.05) is 13.8 Å². The normalized spacial score (nSPS) is 25.5. The van der Waals surface area contributed by atoms with Crippen LogP contribution in [0, 0.1) is 0 Å². The molecule has 11 heavy (non-hydrogen) atoms. The first kappa shape index (κ1) is 8.54. The van der Waals surface area contributed by atoms with Crippen LogP contribution in [0.1, 0.15) is 33.1 Å². The van der Waals surface area contributed by atoms with Crippen molar-refractivity contribution in [2.75, 3.05) is 0 Å². The van der Waals surface area contributed by atoms with Crippen LogP contribution in [0.3, 0.4) is 0 Å². The topological polar surface area (TPSA) is 20.2 Å². The molecule has 0 aromatic heterocycles. The Kier molecular flexibility index (Phi) is 2.89. The fourth-order valence-electron chi connectivity index (χ4n) is 1.48. The molecule has 0 spiro atoms. The Morgan fingerprint density at radius 2 is 2.36 bits per heavy atom. The van der Waals surface area contributed by atoms with E-state index in [2.05, 4.69) is 12.2 Å². The second kappa shape index (κ2) is 3.72. The van der Waals surface area contributed by atoms with Gasteiger partial charge < -0.3 is 5.11 Å². The van der Waals surface area contributed by atoms with E-state index in [0.29, 0.717) is 0 Å². The molecule has 1 aliphatic carbocycles. The molecule has 1 unspecified atom stereocenters. The van der Waals surface area contributed by atoms with Crippen molar-refractivity contribution >= 4 is 0 Å². The van der Waals surface area contributed by atoms with E-state index >= 15 is 0 Å². The minimum Gasteiger partial charge on any atom is -0.389 e. The SMILES string of the molecule is CC=CCC1=C(C)C(O)CC1. The van der Waals surface area contributed by atoms with Gasteiger partial charge in [0.1, 0.15) is 0 Å². The third-order valence-electron chi connectivity index (χ3n) is 2.38. The van der Waals surface area contributed by atoms with Crippen molar-refractivity contribution in [2.45, 2.75) is 39.2 Å². The van der Waals surface area contributed by atoms with Gasteiger partial charge in [-0.1, -0.05) is 17.7 Å². The van der Waals surface area contributed by atoms with Gasteiger partial charge >= 0.3 is 0 Å². The zero-order chi connectivity index (χ0) is 8.27. The summed E-state index contributed by atoms with van der Waals surface area (Å²) in [5.41, 5.74) is 2.62. The summed E-state index contributed by atoms with van der Waals surface area (Å²) < 4.78 is 0. The Morgan fingerprint density at radius 1 is 1.64 bits per heavy atom. The number of aliphatic hydroxyl groups is 1. The maximum Gasteiger partial charge on any atom is 0.0753 e. The van der Waals surface area contributed by atoms with Gasteiger partial charge in [-0.15, -0.1) is 0 Å². The molecule has 1 heteroatoms. The Hall–Kier alpha value is -0.560. The molecule has 0 bridgehead atoms. The molecule has 0 saturated heterocycles. The highest BCUT2D eigenvalue weighted by molar-refractivity contribution is 5.23. The zero-order valence-electron chi connectivity index (χ0n) is 7.30. The minimum absolute atomic E-state index is 0.157. The third-order valence-corrected chi connectivity index (χ3v) is 2.38. The lowest BCUT2D eigenvalue weighted by molar-refractivity contribution is 0.212. The highest BCUT2D eigenvalue weighted by Crippen LogP contribution is 2.28. The second-order valence-corrected chi connectivity index (χ2v) is 3.11. The molecular formula is C10H16O. The lowest BCUT2D eigenvalue weighted by Gasteiger charge is -2.01. The van der Waals surface area contributed by atoms with E-state index in [9.17, 15) is 5.11 Å². The van der Waals surface area contributed by atoms with E-state index in [4.69, 9.17) is 0 Å². The molecule has 1 aliphatic rings. The molecular weight excluding hydrogens is 136 g/mol. The highest BCUT2D eigenvalue weighted by Gasteiger charge is 2.18. The molecule has 0 aliphatic heterocycles. The van der Waals surface area contributed by atoms with E-state index in [1.165, 1.54) is 11.1 Å². The molecule has 0 radical (unpaired) electrons. The van der Waals surface area contributed by atoms with Crippen LogP contribution in [-0.2, 0) is 0 Å². The lowest BCUT2D eigenvalue weighted by atomic mass is 10.1. The van der Waals surface area contributed by atoms with Gasteiger partial charge in [-0.3, -0.25) is 0 Å². The van der Waals surface area contributed by atoms with Gasteiger partial charge in [-0.05, 0) is 38.7 Å². The monoisotopic (exact) mass is 152 g/mol. The predicted molar refractivity (Wildman–Crippen MR) is 47.4 cm³/mol. The average Bonchev–Trinajstić information content (AvgIpc) is 2.31. The van der Waals surface area contributed by atoms with Gasteiger partial charge in [-0.25, -0.2) is 0 Å². The fraction of sp³-hybridized carbons (Fsp3) is 0.600. The van der Waals surface area contributed by atoms with Crippen LogP contribution in [0.4, 0.5) is 0 Å². The van der Waals surface area contributed by atoms with Gasteiger partial charge in [-0.2, -0.15) is 0 Å². The predicted octanol–water partition coefficient (Wildman–Crippen LogP) is 2.42. The van der Waals surface area contributed by atoms with Crippen LogP contribution >= 0.6 is 0 Å². The zero-order valence-corrected chi connectivity index (χ0v) is 7.30. The Morgan fingerprint density at radius 3 is 2.82 bits per heavy atom. The van der Waals surface area contributed by atoms with Gasteiger partial charge in [0.05, 0.1) is 6.10 Å². The molecule has 0 aromatic carbocycles. The number of allylic oxidation sites excluding steroid dienone is 3. The van der Waals surface area contributed by atoms with Crippen LogP contribution in [0.25, 0.3) is 0 Å². The van der Waals surface area contributed by atoms with Gasteiger partial charge in [0.25, 0.3) is 0 Å². The standard InChI is InChI=1S/C10H16O/c1-3-4-5-9-6-7-10(11)8(9)2/h3-4,10-11H,5-7H2,1-2H3. The van der Waals surface area contributed by atoms with Gasteiger partial charge in [0.15, 0.2) is 0 Å². The molecule has 1 rings (SSSR count). The van der Waals surface area contributed by atoms with Crippen LogP contribution in [0.5, 0.6) is 0 Å². The molecule has 1 nitrogen and oxygen atoms in total. The smallest absolute Gasteiger partial charge is 0.0753 e. The summed E-state index contributed by atoms with van der Waals surface area (Å²) in [5.74, 6) is 0. The highest BCUT2D eigenvalue weighted by atomic mass is 16.3. The Labute approximate surface area is 68.4 Å². The minimum atomic E-state index is -0.157. The Balaban J connectivity index is 2.57. The molecule has 0 saturated carbocycles. The molecule has 0 aromatic rings. The van der Waals surface area contributed by atoms with E-state index in [0.717, 1.165) is 19.3 Å². The summed E-state index contributed by atoms with van der Waals surface area (Å²) >= 11 is 0. The lowest BCUT2D eigenvalue weighted by Crippen LogP contribution is -2.00. The van der Waals surface area contributed by atoms with Crippen molar-refractivity contribution in [3.63, 3.8) is 0 Å². The van der Waals surface area contributed by atoms with E-state index < -0.39 is 0 Å². The number of rotatable bonds is 2. The van der Waals surface area contributed by atoms with Crippen LogP contribution < -0.4 is 0 Å². The third kappa shape index (κ3) is 1.93. The summed E-state index contributed by atoms with van der Waals surface area (Å²) in [6.45, 7) is 4.07. The van der Waals surface area contributed by atoms with Crippen LogP contribution in [-0.4, -0.2) is 11.2 Å². The second-order valence-electron chi connectivity index (χ2n) is 3.11. The maximum atomic E-state index is 9.39. The van der Waals surface area contributed by atoms with Crippen LogP contribution in [0.15, 0.2) is 23.3 Å². The molecule has 0 heterocycles. The number of aliphatic hydroxyl groups excluding tert-OH is 1. The van der Waals surface area contributed by atoms with Crippen molar-refractivity contribution in [1.29, 1.82) is 0 Å². The van der Waals surface area contributed by atoms with E-state index in [1.54, 1.807) is 0 Å². The molecule has 62 valence electrons. The first-order valence-electron chi connectivity index (χ1n) is 4.23. The van der Waals surface area contributed by atoms with Crippen molar-refractivity contribution in [2.24, 2.45) is 0 Å². The average molecular weight is 152 g/mol. The number of hydrogen-bond acceptors (Lipinski definition) is 1. The molecule has 0 amide bonds. The number of hydrogen-bond donors (Lipinski definition) is 1. The molecule has 1 N–H and O–H groups in total. The summed E-state index contributed by atoms with van der Waals surface area (Å²) in [7, 11) is 0. The quantitative estimate of drug-likeness (QED) is 0.602. The maximum absolute atomic E-state index is 9.39. The largest absolute Gasteiger partial charge is 0.389 e. The summed E-state index contributed by atoms with van der Waals surface area (Å²) in [5, 5.41) is 9.39. The summed E-state index contributed by atoms with van der Waals surface area (Å²) in [6.07, 6.45) is 7.09. The fourth-order valence-corrected chi connectivity index (χ4v) is 1.48. The van der Waals surface area contributed by atoms with E-state index in [-0.39, 0.29) is 6.10 Å². The van der Waals surface area contributed by atoms with Crippen molar-refractivity contribution < 1.29 is 5.11 Å². The van der Waals surface area contributed by atoms with Crippen molar-refractivity contribution in [1.82, 2.24) is 0 Å². The first-order valence-corrected chi connectivity index (χ1v) is 4.23. The van der Waals surface area contributed by atoms with Gasteiger partial charge in [0.2, 0.25) is 0 Å². The van der Waals surface area contributed by atoms with Crippen molar-refractivity contribution in [3.8, 4) is 0 Å². The Bertz CT molecular complexity index is 189. The van der Waals surface area contributed by atoms with Crippen LogP contribution in [0.2, 0.25) is 0 Å². The first-order chi connectivity index (χ1) is 5.25. The molecule has 1 atom stereocenters. The van der Waals surface area contributed by atoms with Crippen molar-refractivity contribution in [3.05, 3.63) is 23.3 Å². The summed E-state index contributed by atoms with van der Waals surface area (Å²) in [4.78, 5) is 0.